The van der Waals surface area contributed by atoms with Crippen LogP contribution in [0.2, 0.25) is 0 Å². The first-order valence-electron chi connectivity index (χ1n) is 6.27. The number of alkyl carbamates (subject to hydrolysis) is 1. The van der Waals surface area contributed by atoms with E-state index in [2.05, 4.69) is 5.32 Å². The molecule has 0 saturated heterocycles. The van der Waals surface area contributed by atoms with Crippen molar-refractivity contribution in [3.63, 3.8) is 0 Å². The van der Waals surface area contributed by atoms with Crippen LogP contribution < -0.4 is 5.32 Å². The molecule has 1 aromatic carbocycles. The highest BCUT2D eigenvalue weighted by Crippen LogP contribution is 2.18. The van der Waals surface area contributed by atoms with Crippen LogP contribution in [0.4, 0.5) is 8.68 Å². The molecule has 0 aromatic heterocycles. The van der Waals surface area contributed by atoms with E-state index in [1.165, 1.54) is 30.4 Å². The minimum absolute atomic E-state index is 0.135. The molecule has 1 N–H and O–H groups in total. The van der Waals surface area contributed by atoms with Gasteiger partial charge in [-0.3, -0.25) is 0 Å². The molecule has 0 radical (unpaired) electrons. The molecule has 0 unspecified atom stereocenters. The van der Waals surface area contributed by atoms with Crippen molar-refractivity contribution in [2.24, 2.45) is 0 Å². The third-order valence-corrected chi connectivity index (χ3v) is 3.14. The zero-order valence-electron chi connectivity index (χ0n) is 12.1. The van der Waals surface area contributed by atoms with Crippen LogP contribution in [-0.2, 0) is 15.0 Å². The predicted molar refractivity (Wildman–Crippen MR) is 78.0 cm³/mol. The van der Waals surface area contributed by atoms with Crippen molar-refractivity contribution in [3.8, 4) is 0 Å². The smallest absolute Gasteiger partial charge is 0.407 e. The first-order valence-corrected chi connectivity index (χ1v) is 7.65. The van der Waals surface area contributed by atoms with E-state index in [4.69, 9.17) is 4.74 Å². The molecule has 0 spiro atoms. The van der Waals surface area contributed by atoms with Gasteiger partial charge in [0.25, 0.3) is 0 Å². The third-order valence-electron chi connectivity index (χ3n) is 2.24. The summed E-state index contributed by atoms with van der Waals surface area (Å²) in [5.74, 6) is 0. The van der Waals surface area contributed by atoms with Crippen LogP contribution in [0.3, 0.4) is 0 Å². The Bertz CT molecular complexity index is 633. The highest BCUT2D eigenvalue weighted by atomic mass is 32.3. The maximum atomic E-state index is 13.1. The fraction of sp³-hybridized carbons (Fsp3) is 0.357. The van der Waals surface area contributed by atoms with Crippen molar-refractivity contribution in [3.05, 3.63) is 35.9 Å². The van der Waals surface area contributed by atoms with Gasteiger partial charge >= 0.3 is 16.3 Å². The lowest BCUT2D eigenvalue weighted by Gasteiger charge is -2.19. The molecule has 5 nitrogen and oxygen atoms in total. The van der Waals surface area contributed by atoms with Crippen LogP contribution in [0.15, 0.2) is 35.2 Å². The molecule has 1 amide bonds. The summed E-state index contributed by atoms with van der Waals surface area (Å²) in [5, 5.41) is 2.48. The summed E-state index contributed by atoms with van der Waals surface area (Å²) in [5.41, 5.74) is -0.381. The number of hydrogen-bond donors (Lipinski definition) is 1. The molecule has 0 aliphatic carbocycles. The van der Waals surface area contributed by atoms with Gasteiger partial charge in [-0.05, 0) is 32.4 Å². The SMILES string of the molecule is CC(C)(C)OC(=O)NCC=Cc1ccccc1S(=O)(=O)F. The fourth-order valence-electron chi connectivity index (χ4n) is 1.48. The molecule has 0 fully saturated rings. The van der Waals surface area contributed by atoms with Gasteiger partial charge in [-0.1, -0.05) is 30.4 Å². The minimum Gasteiger partial charge on any atom is -0.444 e. The number of hydrogen-bond acceptors (Lipinski definition) is 4. The summed E-state index contributed by atoms with van der Waals surface area (Å²) in [4.78, 5) is 11.0. The Morgan fingerprint density at radius 1 is 1.33 bits per heavy atom. The molecule has 0 atom stereocenters. The number of amides is 1. The molecule has 21 heavy (non-hydrogen) atoms. The van der Waals surface area contributed by atoms with Gasteiger partial charge in [-0.2, -0.15) is 8.42 Å². The van der Waals surface area contributed by atoms with Gasteiger partial charge in [0, 0.05) is 6.54 Å². The highest BCUT2D eigenvalue weighted by molar-refractivity contribution is 7.86. The Labute approximate surface area is 124 Å². The zero-order valence-corrected chi connectivity index (χ0v) is 12.9. The van der Waals surface area contributed by atoms with Crippen LogP contribution in [0, 0.1) is 0 Å². The second-order valence-corrected chi connectivity index (χ2v) is 6.58. The second-order valence-electron chi connectivity index (χ2n) is 5.26. The van der Waals surface area contributed by atoms with Crippen molar-refractivity contribution in [1.82, 2.24) is 5.32 Å². The van der Waals surface area contributed by atoms with E-state index in [0.29, 0.717) is 0 Å². The standard InChI is InChI=1S/C14H18FNO4S/c1-14(2,3)20-13(17)16-10-6-8-11-7-4-5-9-12(11)21(15,18)19/h4-9H,10H2,1-3H3,(H,16,17). The predicted octanol–water partition coefficient (Wildman–Crippen LogP) is 2.88. The average molecular weight is 315 g/mol. The van der Waals surface area contributed by atoms with E-state index in [0.717, 1.165) is 0 Å². The van der Waals surface area contributed by atoms with E-state index in [9.17, 15) is 17.1 Å². The van der Waals surface area contributed by atoms with Gasteiger partial charge in [0.1, 0.15) is 10.5 Å². The first kappa shape index (κ1) is 17.2. The van der Waals surface area contributed by atoms with Crippen molar-refractivity contribution < 1.29 is 21.8 Å². The quantitative estimate of drug-likeness (QED) is 0.867. The fourth-order valence-corrected chi connectivity index (χ4v) is 2.14. The molecule has 116 valence electrons. The lowest BCUT2D eigenvalue weighted by molar-refractivity contribution is 0.0534. The van der Waals surface area contributed by atoms with Crippen molar-refractivity contribution in [1.29, 1.82) is 0 Å². The molecule has 0 aliphatic rings. The number of ether oxygens (including phenoxy) is 1. The molecule has 0 bridgehead atoms. The van der Waals surface area contributed by atoms with Crippen molar-refractivity contribution in [2.75, 3.05) is 6.54 Å². The lowest BCUT2D eigenvalue weighted by Crippen LogP contribution is -2.32. The molecular formula is C14H18FNO4S. The van der Waals surface area contributed by atoms with Crippen LogP contribution in [0.1, 0.15) is 26.3 Å². The van der Waals surface area contributed by atoms with Gasteiger partial charge in [0.05, 0.1) is 0 Å². The average Bonchev–Trinajstić information content (AvgIpc) is 2.32. The van der Waals surface area contributed by atoms with Gasteiger partial charge < -0.3 is 10.1 Å². The normalized spacial score (nSPS) is 12.4. The summed E-state index contributed by atoms with van der Waals surface area (Å²) in [6.45, 7) is 5.36. The third kappa shape index (κ3) is 6.40. The monoisotopic (exact) mass is 315 g/mol. The lowest BCUT2D eigenvalue weighted by atomic mass is 10.2. The van der Waals surface area contributed by atoms with Crippen LogP contribution in [0.25, 0.3) is 6.08 Å². The van der Waals surface area contributed by atoms with Gasteiger partial charge in [-0.15, -0.1) is 3.89 Å². The highest BCUT2D eigenvalue weighted by Gasteiger charge is 2.16. The number of rotatable bonds is 4. The second kappa shape index (κ2) is 6.71. The molecule has 0 saturated carbocycles. The number of halogens is 1. The molecule has 0 heterocycles. The van der Waals surface area contributed by atoms with E-state index in [-0.39, 0.29) is 12.1 Å². The summed E-state index contributed by atoms with van der Waals surface area (Å²) in [6, 6.07) is 5.67. The molecular weight excluding hydrogens is 297 g/mol. The van der Waals surface area contributed by atoms with Gasteiger partial charge in [-0.25, -0.2) is 4.79 Å². The van der Waals surface area contributed by atoms with Crippen LogP contribution in [0.5, 0.6) is 0 Å². The number of carbonyl (C=O) groups excluding carboxylic acids is 1. The van der Waals surface area contributed by atoms with Gasteiger partial charge in [0.2, 0.25) is 0 Å². The zero-order chi connectivity index (χ0) is 16.1. The Morgan fingerprint density at radius 2 is 1.95 bits per heavy atom. The maximum absolute atomic E-state index is 13.1. The maximum Gasteiger partial charge on any atom is 0.407 e. The van der Waals surface area contributed by atoms with E-state index in [1.54, 1.807) is 26.8 Å². The number of benzene rings is 1. The van der Waals surface area contributed by atoms with E-state index < -0.39 is 26.8 Å². The topological polar surface area (TPSA) is 72.5 Å². The number of carbonyl (C=O) groups is 1. The Morgan fingerprint density at radius 3 is 2.52 bits per heavy atom. The minimum atomic E-state index is -4.77. The Balaban J connectivity index is 2.65. The molecule has 0 aliphatic heterocycles. The van der Waals surface area contributed by atoms with Gasteiger partial charge in [0.15, 0.2) is 0 Å². The van der Waals surface area contributed by atoms with E-state index in [1.807, 2.05) is 0 Å². The summed E-state index contributed by atoms with van der Waals surface area (Å²) >= 11 is 0. The summed E-state index contributed by atoms with van der Waals surface area (Å²) < 4.78 is 40.0. The summed E-state index contributed by atoms with van der Waals surface area (Å²) in [6.07, 6.45) is 2.34. The molecule has 1 rings (SSSR count). The summed E-state index contributed by atoms with van der Waals surface area (Å²) in [7, 11) is -4.77. The number of nitrogens with one attached hydrogen (secondary N) is 1. The Kier molecular flexibility index (Phi) is 5.48. The van der Waals surface area contributed by atoms with E-state index >= 15 is 0 Å². The Hall–Kier alpha value is -1.89. The molecule has 1 aromatic rings. The largest absolute Gasteiger partial charge is 0.444 e. The van der Waals surface area contributed by atoms with Crippen LogP contribution in [-0.4, -0.2) is 26.7 Å². The molecule has 7 heteroatoms. The van der Waals surface area contributed by atoms with Crippen molar-refractivity contribution in [2.45, 2.75) is 31.3 Å². The first-order chi connectivity index (χ1) is 9.59. The van der Waals surface area contributed by atoms with Crippen molar-refractivity contribution >= 4 is 22.4 Å². The van der Waals surface area contributed by atoms with Crippen LogP contribution >= 0.6 is 0 Å².